The molecule has 11 heteroatoms. The number of aliphatic hydroxyl groups is 5. The molecule has 1 rings (SSSR count). The molecule has 1 fully saturated rings. The first-order valence-electron chi connectivity index (χ1n) is 29.5. The molecule has 1 heterocycles. The summed E-state index contributed by atoms with van der Waals surface area (Å²) in [5, 5.41) is 54.2. The molecule has 7 atom stereocenters. The lowest BCUT2D eigenvalue weighted by atomic mass is 9.99. The Bertz CT molecular complexity index is 1160. The van der Waals surface area contributed by atoms with Crippen molar-refractivity contribution in [2.24, 2.45) is 0 Å². The zero-order chi connectivity index (χ0) is 50.3. The number of carbonyl (C=O) groups excluding carboxylic acids is 2. The first-order chi connectivity index (χ1) is 33.7. The van der Waals surface area contributed by atoms with Crippen LogP contribution in [0.5, 0.6) is 0 Å². The molecular weight excluding hydrogens is 871 g/mol. The summed E-state index contributed by atoms with van der Waals surface area (Å²) in [6.45, 7) is 4.30. The molecule has 1 amide bonds. The predicted octanol–water partition coefficient (Wildman–Crippen LogP) is 13.2. The van der Waals surface area contributed by atoms with Gasteiger partial charge in [0.15, 0.2) is 6.29 Å². The van der Waals surface area contributed by atoms with Gasteiger partial charge in [-0.15, -0.1) is 0 Å². The summed E-state index contributed by atoms with van der Waals surface area (Å²) in [6.07, 6.45) is 46.0. The zero-order valence-corrected chi connectivity index (χ0v) is 44.8. The number of amides is 1. The van der Waals surface area contributed by atoms with Gasteiger partial charge in [-0.1, -0.05) is 251 Å². The number of hydrogen-bond donors (Lipinski definition) is 6. The van der Waals surface area contributed by atoms with Crippen LogP contribution in [0.2, 0.25) is 0 Å². The fourth-order valence-corrected chi connectivity index (χ4v) is 9.44. The summed E-state index contributed by atoms with van der Waals surface area (Å²) in [4.78, 5) is 25.1. The van der Waals surface area contributed by atoms with Crippen LogP contribution in [0.3, 0.4) is 0 Å². The van der Waals surface area contributed by atoms with Crippen molar-refractivity contribution < 1.29 is 49.3 Å². The van der Waals surface area contributed by atoms with E-state index in [0.29, 0.717) is 19.4 Å². The van der Waals surface area contributed by atoms with Gasteiger partial charge in [-0.2, -0.15) is 0 Å². The van der Waals surface area contributed by atoms with Crippen molar-refractivity contribution in [3.63, 3.8) is 0 Å². The van der Waals surface area contributed by atoms with Crippen LogP contribution in [0.25, 0.3) is 0 Å². The van der Waals surface area contributed by atoms with Crippen LogP contribution < -0.4 is 5.32 Å². The number of allylic oxidation sites excluding steroid dienone is 1. The summed E-state index contributed by atoms with van der Waals surface area (Å²) >= 11 is 0. The number of nitrogens with one attached hydrogen (secondary N) is 1. The number of esters is 1. The average molecular weight is 983 g/mol. The van der Waals surface area contributed by atoms with Gasteiger partial charge < -0.3 is 45.1 Å². The van der Waals surface area contributed by atoms with Crippen LogP contribution >= 0.6 is 0 Å². The van der Waals surface area contributed by atoms with Crippen molar-refractivity contribution in [3.8, 4) is 0 Å². The molecule has 0 bridgehead atoms. The second kappa shape index (κ2) is 48.7. The zero-order valence-electron chi connectivity index (χ0n) is 44.8. The largest absolute Gasteiger partial charge is 0.466 e. The normalized spacial score (nSPS) is 19.3. The highest BCUT2D eigenvalue weighted by Crippen LogP contribution is 2.23. The minimum Gasteiger partial charge on any atom is -0.466 e. The van der Waals surface area contributed by atoms with Crippen molar-refractivity contribution in [2.45, 2.75) is 326 Å². The minimum atomic E-state index is -1.57. The summed E-state index contributed by atoms with van der Waals surface area (Å²) in [5.74, 6) is -0.206. The lowest BCUT2D eigenvalue weighted by molar-refractivity contribution is -0.302. The van der Waals surface area contributed by atoms with Crippen molar-refractivity contribution in [3.05, 3.63) is 12.2 Å². The molecule has 0 spiro atoms. The van der Waals surface area contributed by atoms with Crippen LogP contribution in [0, 0.1) is 0 Å². The van der Waals surface area contributed by atoms with Gasteiger partial charge in [0.25, 0.3) is 0 Å². The van der Waals surface area contributed by atoms with Crippen LogP contribution in [-0.2, 0) is 23.8 Å². The highest BCUT2D eigenvalue weighted by Gasteiger charge is 2.44. The number of rotatable bonds is 51. The van der Waals surface area contributed by atoms with Crippen molar-refractivity contribution >= 4 is 11.9 Å². The van der Waals surface area contributed by atoms with E-state index < -0.39 is 49.5 Å². The van der Waals surface area contributed by atoms with Gasteiger partial charge in [0.2, 0.25) is 5.91 Å². The molecule has 0 aliphatic carbocycles. The van der Waals surface area contributed by atoms with Crippen LogP contribution in [0.4, 0.5) is 0 Å². The molecule has 0 aromatic heterocycles. The summed E-state index contributed by atoms with van der Waals surface area (Å²) < 4.78 is 16.7. The van der Waals surface area contributed by atoms with E-state index in [1.165, 1.54) is 186 Å². The third-order valence-electron chi connectivity index (χ3n) is 14.2. The molecule has 1 aliphatic heterocycles. The number of hydrogen-bond acceptors (Lipinski definition) is 10. The molecule has 408 valence electrons. The van der Waals surface area contributed by atoms with Crippen molar-refractivity contribution in [2.75, 3.05) is 19.8 Å². The SMILES string of the molecule is CCCCCCCCC/C=C/C(O)C(COC1OC(CO)C(O)C(O)C1O)NC(=O)CCCCCCCCCCCCCCCCCOC(=O)CCCCCCCCCCCCCCCCCCC. The molecule has 1 saturated heterocycles. The van der Waals surface area contributed by atoms with Gasteiger partial charge in [-0.3, -0.25) is 9.59 Å². The van der Waals surface area contributed by atoms with Crippen LogP contribution in [0.15, 0.2) is 12.2 Å². The van der Waals surface area contributed by atoms with Gasteiger partial charge in [0, 0.05) is 12.8 Å². The number of aliphatic hydroxyl groups excluding tert-OH is 5. The average Bonchev–Trinajstić information content (AvgIpc) is 3.34. The van der Waals surface area contributed by atoms with E-state index in [1.807, 2.05) is 6.08 Å². The molecule has 1 aliphatic rings. The van der Waals surface area contributed by atoms with Gasteiger partial charge in [-0.25, -0.2) is 0 Å². The first kappa shape index (κ1) is 65.4. The van der Waals surface area contributed by atoms with Crippen LogP contribution in [0.1, 0.15) is 284 Å². The number of carbonyl (C=O) groups is 2. The second-order valence-electron chi connectivity index (χ2n) is 20.7. The number of ether oxygens (including phenoxy) is 3. The maximum absolute atomic E-state index is 13.0. The standard InChI is InChI=1S/C58H111NO10/c1-3-5-7-9-11-13-14-15-16-17-20-23-26-30-34-38-42-46-54(63)67-47-43-39-35-31-27-24-21-18-19-22-25-29-33-37-41-45-53(62)59-50(51(61)44-40-36-32-28-12-10-8-6-4-2)49-68-58-57(66)56(65)55(64)52(48-60)69-58/h40,44,50-52,55-58,60-61,64-66H,3-39,41-43,45-49H2,1-2H3,(H,59,62)/b44-40+. The van der Waals surface area contributed by atoms with Crippen molar-refractivity contribution in [1.29, 1.82) is 0 Å². The molecule has 11 nitrogen and oxygen atoms in total. The van der Waals surface area contributed by atoms with Gasteiger partial charge >= 0.3 is 5.97 Å². The lowest BCUT2D eigenvalue weighted by Crippen LogP contribution is -2.60. The smallest absolute Gasteiger partial charge is 0.305 e. The van der Waals surface area contributed by atoms with E-state index in [0.717, 1.165) is 70.6 Å². The third-order valence-corrected chi connectivity index (χ3v) is 14.2. The fraction of sp³-hybridized carbons (Fsp3) is 0.931. The lowest BCUT2D eigenvalue weighted by Gasteiger charge is -2.40. The van der Waals surface area contributed by atoms with E-state index in [1.54, 1.807) is 6.08 Å². The Hall–Kier alpha value is -1.60. The summed E-state index contributed by atoms with van der Waals surface area (Å²) in [6, 6.07) is -0.814. The monoisotopic (exact) mass is 982 g/mol. The Morgan fingerprint density at radius 2 is 0.913 bits per heavy atom. The number of unbranched alkanes of at least 4 members (excludes halogenated alkanes) is 37. The van der Waals surface area contributed by atoms with E-state index >= 15 is 0 Å². The Morgan fingerprint density at radius 1 is 0.522 bits per heavy atom. The van der Waals surface area contributed by atoms with Gasteiger partial charge in [0.1, 0.15) is 24.4 Å². The quantitative estimate of drug-likeness (QED) is 0.0195. The Balaban J connectivity index is 2.03. The van der Waals surface area contributed by atoms with Crippen LogP contribution in [-0.4, -0.2) is 100 Å². The molecule has 0 aromatic carbocycles. The first-order valence-corrected chi connectivity index (χ1v) is 29.5. The van der Waals surface area contributed by atoms with E-state index in [-0.39, 0.29) is 18.5 Å². The van der Waals surface area contributed by atoms with E-state index in [2.05, 4.69) is 19.2 Å². The third kappa shape index (κ3) is 38.7. The Labute approximate surface area is 423 Å². The summed E-state index contributed by atoms with van der Waals surface area (Å²) in [7, 11) is 0. The molecule has 0 aromatic rings. The Morgan fingerprint density at radius 3 is 1.35 bits per heavy atom. The van der Waals surface area contributed by atoms with E-state index in [9.17, 15) is 35.1 Å². The predicted molar refractivity (Wildman–Crippen MR) is 283 cm³/mol. The van der Waals surface area contributed by atoms with Crippen molar-refractivity contribution in [1.82, 2.24) is 5.32 Å². The second-order valence-corrected chi connectivity index (χ2v) is 20.7. The fourth-order valence-electron chi connectivity index (χ4n) is 9.44. The molecule has 7 unspecified atom stereocenters. The minimum absolute atomic E-state index is 0.0144. The highest BCUT2D eigenvalue weighted by molar-refractivity contribution is 5.76. The molecule has 0 saturated carbocycles. The maximum Gasteiger partial charge on any atom is 0.305 e. The molecule has 6 N–H and O–H groups in total. The van der Waals surface area contributed by atoms with E-state index in [4.69, 9.17) is 14.2 Å². The summed E-state index contributed by atoms with van der Waals surface area (Å²) in [5.41, 5.74) is 0. The van der Waals surface area contributed by atoms with Gasteiger partial charge in [-0.05, 0) is 32.1 Å². The highest BCUT2D eigenvalue weighted by atomic mass is 16.7. The molecular formula is C58H111NO10. The topological polar surface area (TPSA) is 175 Å². The molecule has 0 radical (unpaired) electrons. The maximum atomic E-state index is 13.0. The molecule has 69 heavy (non-hydrogen) atoms. The Kier molecular flexibility index (Phi) is 46.1. The van der Waals surface area contributed by atoms with Gasteiger partial charge in [0.05, 0.1) is 32.0 Å².